The molecule has 2 heteroatoms. The van der Waals surface area contributed by atoms with Crippen LogP contribution in [0.25, 0.3) is 0 Å². The van der Waals surface area contributed by atoms with Gasteiger partial charge in [-0.05, 0) is 30.5 Å². The third kappa shape index (κ3) is 4.50. The van der Waals surface area contributed by atoms with Gasteiger partial charge in [0.2, 0.25) is 0 Å². The largest absolute Gasteiger partial charge is 0.301 e. The van der Waals surface area contributed by atoms with E-state index in [1.165, 1.54) is 11.1 Å². The highest BCUT2D eigenvalue weighted by atomic mass is 15.1. The summed E-state index contributed by atoms with van der Waals surface area (Å²) in [7, 11) is 2.08. The lowest BCUT2D eigenvalue weighted by atomic mass is 10.0. The van der Waals surface area contributed by atoms with Crippen LogP contribution in [-0.2, 0) is 6.54 Å². The van der Waals surface area contributed by atoms with E-state index in [-0.39, 0.29) is 5.92 Å². The molecule has 0 radical (unpaired) electrons. The minimum Gasteiger partial charge on any atom is -0.301 e. The molecule has 1 unspecified atom stereocenters. The van der Waals surface area contributed by atoms with Gasteiger partial charge in [0.1, 0.15) is 0 Å². The summed E-state index contributed by atoms with van der Waals surface area (Å²) in [5, 5.41) is 8.96. The van der Waals surface area contributed by atoms with E-state index in [1.54, 1.807) is 0 Å². The van der Waals surface area contributed by atoms with Gasteiger partial charge < -0.3 is 4.90 Å². The first-order chi connectivity index (χ1) is 8.56. The van der Waals surface area contributed by atoms with Crippen molar-refractivity contribution in [3.8, 4) is 6.07 Å². The van der Waals surface area contributed by atoms with Crippen molar-refractivity contribution in [3.05, 3.63) is 35.4 Å². The second-order valence-electron chi connectivity index (χ2n) is 5.33. The maximum Gasteiger partial charge on any atom is 0.0669 e. The second kappa shape index (κ2) is 7.18. The topological polar surface area (TPSA) is 27.0 Å². The summed E-state index contributed by atoms with van der Waals surface area (Å²) >= 11 is 0. The van der Waals surface area contributed by atoms with E-state index in [4.69, 9.17) is 5.26 Å². The summed E-state index contributed by atoms with van der Waals surface area (Å²) in [6.45, 7) is 8.24. The highest BCUT2D eigenvalue weighted by Gasteiger charge is 2.09. The number of rotatable bonds is 6. The smallest absolute Gasteiger partial charge is 0.0669 e. The highest BCUT2D eigenvalue weighted by Crippen LogP contribution is 2.15. The van der Waals surface area contributed by atoms with Crippen molar-refractivity contribution in [3.63, 3.8) is 0 Å². The summed E-state index contributed by atoms with van der Waals surface area (Å²) < 4.78 is 0. The van der Waals surface area contributed by atoms with Crippen molar-refractivity contribution in [2.45, 2.75) is 39.7 Å². The molecule has 0 spiro atoms. The number of benzene rings is 1. The highest BCUT2D eigenvalue weighted by molar-refractivity contribution is 5.24. The number of hydrogen-bond donors (Lipinski definition) is 0. The maximum atomic E-state index is 8.96. The lowest BCUT2D eigenvalue weighted by Gasteiger charge is -2.19. The third-order valence-electron chi connectivity index (χ3n) is 3.31. The fraction of sp³-hybridized carbons (Fsp3) is 0.562. The van der Waals surface area contributed by atoms with Gasteiger partial charge in [0.25, 0.3) is 0 Å². The second-order valence-corrected chi connectivity index (χ2v) is 5.33. The summed E-state index contributed by atoms with van der Waals surface area (Å²) in [5.41, 5.74) is 2.69. The lowest BCUT2D eigenvalue weighted by molar-refractivity contribution is 0.292. The average Bonchev–Trinajstić information content (AvgIpc) is 2.36. The number of nitriles is 1. The van der Waals surface area contributed by atoms with Gasteiger partial charge in [-0.3, -0.25) is 0 Å². The van der Waals surface area contributed by atoms with Gasteiger partial charge >= 0.3 is 0 Å². The van der Waals surface area contributed by atoms with Crippen LogP contribution in [-0.4, -0.2) is 18.5 Å². The van der Waals surface area contributed by atoms with Gasteiger partial charge in [-0.15, -0.1) is 0 Å². The van der Waals surface area contributed by atoms with Crippen molar-refractivity contribution in [1.29, 1.82) is 5.26 Å². The maximum absolute atomic E-state index is 8.96. The molecule has 1 aromatic rings. The van der Waals surface area contributed by atoms with E-state index >= 15 is 0 Å². The standard InChI is InChI=1S/C16H24N2/c1-5-14(10-17)11-18(4)12-15-6-8-16(9-7-15)13(2)3/h6-9,13-14H,5,11-12H2,1-4H3. The SMILES string of the molecule is CCC(C#N)CN(C)Cc1ccc(C(C)C)cc1. The Morgan fingerprint density at radius 2 is 1.83 bits per heavy atom. The summed E-state index contributed by atoms with van der Waals surface area (Å²) in [4.78, 5) is 2.22. The van der Waals surface area contributed by atoms with E-state index in [1.807, 2.05) is 0 Å². The molecular weight excluding hydrogens is 220 g/mol. The molecule has 0 amide bonds. The number of hydrogen-bond acceptors (Lipinski definition) is 2. The Morgan fingerprint density at radius 1 is 1.22 bits per heavy atom. The lowest BCUT2D eigenvalue weighted by Crippen LogP contribution is -2.24. The summed E-state index contributed by atoms with van der Waals surface area (Å²) in [6, 6.07) is 11.1. The molecule has 0 fully saturated rings. The Kier molecular flexibility index (Phi) is 5.88. The van der Waals surface area contributed by atoms with E-state index in [2.05, 4.69) is 63.1 Å². The third-order valence-corrected chi connectivity index (χ3v) is 3.31. The molecule has 2 nitrogen and oxygen atoms in total. The fourth-order valence-electron chi connectivity index (χ4n) is 2.02. The van der Waals surface area contributed by atoms with Crippen LogP contribution in [0, 0.1) is 17.2 Å². The van der Waals surface area contributed by atoms with E-state index in [9.17, 15) is 0 Å². The van der Waals surface area contributed by atoms with Crippen LogP contribution in [0.3, 0.4) is 0 Å². The molecule has 0 heterocycles. The summed E-state index contributed by atoms with van der Waals surface area (Å²) in [5.74, 6) is 0.727. The molecule has 0 aliphatic heterocycles. The fourth-order valence-corrected chi connectivity index (χ4v) is 2.02. The Balaban J connectivity index is 2.54. The molecule has 1 rings (SSSR count). The first kappa shape index (κ1) is 14.7. The zero-order valence-electron chi connectivity index (χ0n) is 12.0. The molecular formula is C16H24N2. The molecule has 0 saturated heterocycles. The predicted octanol–water partition coefficient (Wildman–Crippen LogP) is 3.79. The van der Waals surface area contributed by atoms with E-state index in [0.29, 0.717) is 5.92 Å². The quantitative estimate of drug-likeness (QED) is 0.761. The van der Waals surface area contributed by atoms with Gasteiger partial charge in [0.15, 0.2) is 0 Å². The Bertz CT molecular complexity index is 387. The van der Waals surface area contributed by atoms with Crippen LogP contribution in [0.1, 0.15) is 44.2 Å². The molecule has 0 bridgehead atoms. The Hall–Kier alpha value is -1.33. The summed E-state index contributed by atoms with van der Waals surface area (Å²) in [6.07, 6.45) is 0.924. The van der Waals surface area contributed by atoms with Crippen LogP contribution in [0.5, 0.6) is 0 Å². The van der Waals surface area contributed by atoms with Crippen LogP contribution in [0.2, 0.25) is 0 Å². The molecule has 98 valence electrons. The molecule has 0 N–H and O–H groups in total. The van der Waals surface area contributed by atoms with Crippen molar-refractivity contribution in [2.75, 3.05) is 13.6 Å². The molecule has 0 aromatic heterocycles. The van der Waals surface area contributed by atoms with Gasteiger partial charge in [-0.1, -0.05) is 45.0 Å². The Labute approximate surface area is 111 Å². The van der Waals surface area contributed by atoms with Crippen LogP contribution in [0.15, 0.2) is 24.3 Å². The normalized spacial score (nSPS) is 12.7. The average molecular weight is 244 g/mol. The molecule has 0 aliphatic carbocycles. The monoisotopic (exact) mass is 244 g/mol. The van der Waals surface area contributed by atoms with Crippen molar-refractivity contribution in [1.82, 2.24) is 4.90 Å². The van der Waals surface area contributed by atoms with Crippen LogP contribution >= 0.6 is 0 Å². The molecule has 1 aromatic carbocycles. The van der Waals surface area contributed by atoms with Crippen LogP contribution in [0.4, 0.5) is 0 Å². The zero-order chi connectivity index (χ0) is 13.5. The zero-order valence-corrected chi connectivity index (χ0v) is 12.0. The molecule has 0 aliphatic rings. The number of nitrogens with zero attached hydrogens (tertiary/aromatic N) is 2. The van der Waals surface area contributed by atoms with Gasteiger partial charge in [0.05, 0.1) is 12.0 Å². The minimum absolute atomic E-state index is 0.143. The van der Waals surface area contributed by atoms with Crippen molar-refractivity contribution in [2.24, 2.45) is 5.92 Å². The van der Waals surface area contributed by atoms with E-state index < -0.39 is 0 Å². The molecule has 0 saturated carbocycles. The first-order valence-electron chi connectivity index (χ1n) is 6.73. The van der Waals surface area contributed by atoms with Gasteiger partial charge in [-0.25, -0.2) is 0 Å². The van der Waals surface area contributed by atoms with Crippen molar-refractivity contribution >= 4 is 0 Å². The first-order valence-corrected chi connectivity index (χ1v) is 6.73. The van der Waals surface area contributed by atoms with Crippen LogP contribution < -0.4 is 0 Å². The minimum atomic E-state index is 0.143. The van der Waals surface area contributed by atoms with E-state index in [0.717, 1.165) is 19.5 Å². The van der Waals surface area contributed by atoms with Gasteiger partial charge in [-0.2, -0.15) is 5.26 Å². The predicted molar refractivity (Wildman–Crippen MR) is 76.3 cm³/mol. The molecule has 1 atom stereocenters. The Morgan fingerprint density at radius 3 is 2.28 bits per heavy atom. The molecule has 18 heavy (non-hydrogen) atoms. The van der Waals surface area contributed by atoms with Gasteiger partial charge in [0, 0.05) is 13.1 Å². The van der Waals surface area contributed by atoms with Crippen molar-refractivity contribution < 1.29 is 0 Å².